The quantitative estimate of drug-likeness (QED) is 0.912. The number of aliphatic hydroxyl groups is 1. The van der Waals surface area contributed by atoms with Crippen molar-refractivity contribution in [2.24, 2.45) is 5.92 Å². The summed E-state index contributed by atoms with van der Waals surface area (Å²) in [5.74, 6) is 0.685. The summed E-state index contributed by atoms with van der Waals surface area (Å²) in [4.78, 5) is 0. The Bertz CT molecular complexity index is 417. The molecule has 2 atom stereocenters. The first-order valence-corrected chi connectivity index (χ1v) is 6.41. The molecule has 1 heterocycles. The largest absolute Gasteiger partial charge is 0.493 e. The molecule has 1 aromatic rings. The van der Waals surface area contributed by atoms with Crippen molar-refractivity contribution in [3.8, 4) is 5.75 Å². The van der Waals surface area contributed by atoms with Crippen LogP contribution in [-0.2, 0) is 6.42 Å². The van der Waals surface area contributed by atoms with E-state index in [4.69, 9.17) is 4.74 Å². The summed E-state index contributed by atoms with van der Waals surface area (Å²) in [6, 6.07) is 7.55. The van der Waals surface area contributed by atoms with E-state index in [1.54, 1.807) is 0 Å². The smallest absolute Gasteiger partial charge is 0.389 e. The number of benzene rings is 1. The average Bonchev–Trinajstić information content (AvgIpc) is 2.36. The standard InChI is InChI=1S/C14H17F3O2/c15-14(16,17)7-3-5-12(18)11-8-10-4-1-2-6-13(10)19-9-11/h1-2,4,6,11-12,18H,3,5,7-9H2. The Morgan fingerprint density at radius 3 is 2.79 bits per heavy atom. The lowest BCUT2D eigenvalue weighted by atomic mass is 9.89. The number of hydrogen-bond acceptors (Lipinski definition) is 2. The van der Waals surface area contributed by atoms with Crippen LogP contribution in [0.15, 0.2) is 24.3 Å². The molecule has 1 N–H and O–H groups in total. The molecule has 0 amide bonds. The van der Waals surface area contributed by atoms with E-state index < -0.39 is 18.7 Å². The number of para-hydroxylation sites is 1. The molecule has 1 aromatic carbocycles. The summed E-state index contributed by atoms with van der Waals surface area (Å²) in [5, 5.41) is 9.95. The number of rotatable bonds is 4. The highest BCUT2D eigenvalue weighted by Crippen LogP contribution is 2.30. The van der Waals surface area contributed by atoms with Crippen LogP contribution in [0.4, 0.5) is 13.2 Å². The summed E-state index contributed by atoms with van der Waals surface area (Å²) in [6.45, 7) is 0.365. The molecular formula is C14H17F3O2. The van der Waals surface area contributed by atoms with Crippen molar-refractivity contribution in [2.45, 2.75) is 38.0 Å². The fourth-order valence-electron chi connectivity index (χ4n) is 2.35. The fourth-order valence-corrected chi connectivity index (χ4v) is 2.35. The molecule has 2 nitrogen and oxygen atoms in total. The monoisotopic (exact) mass is 274 g/mol. The molecule has 0 fully saturated rings. The Balaban J connectivity index is 1.83. The third kappa shape index (κ3) is 4.13. The minimum atomic E-state index is -4.14. The molecule has 0 saturated heterocycles. The zero-order valence-corrected chi connectivity index (χ0v) is 10.5. The van der Waals surface area contributed by atoms with Gasteiger partial charge in [-0.1, -0.05) is 18.2 Å². The van der Waals surface area contributed by atoms with Gasteiger partial charge in [-0.3, -0.25) is 0 Å². The lowest BCUT2D eigenvalue weighted by molar-refractivity contribution is -0.136. The van der Waals surface area contributed by atoms with E-state index in [9.17, 15) is 18.3 Å². The van der Waals surface area contributed by atoms with Gasteiger partial charge in [0.1, 0.15) is 5.75 Å². The molecule has 0 aromatic heterocycles. The van der Waals surface area contributed by atoms with Crippen LogP contribution in [0.2, 0.25) is 0 Å². The highest BCUT2D eigenvalue weighted by Gasteiger charge is 2.29. The summed E-state index contributed by atoms with van der Waals surface area (Å²) in [5.41, 5.74) is 1.01. The zero-order valence-electron chi connectivity index (χ0n) is 10.5. The molecule has 0 bridgehead atoms. The Labute approximate surface area is 110 Å². The number of hydrogen-bond donors (Lipinski definition) is 1. The highest BCUT2D eigenvalue weighted by atomic mass is 19.4. The predicted molar refractivity (Wildman–Crippen MR) is 65.0 cm³/mol. The number of aliphatic hydroxyl groups excluding tert-OH is 1. The first kappa shape index (κ1) is 14.2. The number of ether oxygens (including phenoxy) is 1. The fraction of sp³-hybridized carbons (Fsp3) is 0.571. The SMILES string of the molecule is OC(CCCC(F)(F)F)C1COc2ccccc2C1. The minimum absolute atomic E-state index is 0.0389. The van der Waals surface area contributed by atoms with Crippen LogP contribution in [0.25, 0.3) is 0 Å². The van der Waals surface area contributed by atoms with Crippen LogP contribution in [0.5, 0.6) is 5.75 Å². The molecular weight excluding hydrogens is 257 g/mol. The number of fused-ring (bicyclic) bond motifs is 1. The van der Waals surface area contributed by atoms with Gasteiger partial charge in [0, 0.05) is 12.3 Å². The van der Waals surface area contributed by atoms with Crippen molar-refractivity contribution in [1.29, 1.82) is 0 Å². The second kappa shape index (κ2) is 5.82. The summed E-state index contributed by atoms with van der Waals surface area (Å²) in [6.07, 6.45) is -4.94. The van der Waals surface area contributed by atoms with E-state index in [0.717, 1.165) is 11.3 Å². The first-order valence-electron chi connectivity index (χ1n) is 6.41. The van der Waals surface area contributed by atoms with Gasteiger partial charge in [-0.2, -0.15) is 13.2 Å². The van der Waals surface area contributed by atoms with Crippen molar-refractivity contribution < 1.29 is 23.0 Å². The number of alkyl halides is 3. The van der Waals surface area contributed by atoms with Gasteiger partial charge in [0.25, 0.3) is 0 Å². The molecule has 0 radical (unpaired) electrons. The maximum absolute atomic E-state index is 12.0. The third-order valence-electron chi connectivity index (χ3n) is 3.41. The van der Waals surface area contributed by atoms with E-state index in [1.807, 2.05) is 24.3 Å². The van der Waals surface area contributed by atoms with Gasteiger partial charge in [-0.15, -0.1) is 0 Å². The van der Waals surface area contributed by atoms with E-state index >= 15 is 0 Å². The van der Waals surface area contributed by atoms with Crippen LogP contribution in [0.1, 0.15) is 24.8 Å². The molecule has 2 rings (SSSR count). The molecule has 0 spiro atoms. The third-order valence-corrected chi connectivity index (χ3v) is 3.41. The highest BCUT2D eigenvalue weighted by molar-refractivity contribution is 5.35. The van der Waals surface area contributed by atoms with Crippen LogP contribution in [0, 0.1) is 5.92 Å². The van der Waals surface area contributed by atoms with Crippen molar-refractivity contribution in [2.75, 3.05) is 6.61 Å². The second-order valence-corrected chi connectivity index (χ2v) is 4.96. The molecule has 19 heavy (non-hydrogen) atoms. The first-order chi connectivity index (χ1) is 8.96. The van der Waals surface area contributed by atoms with Crippen LogP contribution in [0.3, 0.4) is 0 Å². The van der Waals surface area contributed by atoms with Gasteiger partial charge >= 0.3 is 6.18 Å². The van der Waals surface area contributed by atoms with Gasteiger partial charge in [0.2, 0.25) is 0 Å². The molecule has 5 heteroatoms. The predicted octanol–water partition coefficient (Wildman–Crippen LogP) is 3.33. The molecule has 1 aliphatic rings. The zero-order chi connectivity index (χ0) is 13.9. The molecule has 106 valence electrons. The maximum atomic E-state index is 12.0. The van der Waals surface area contributed by atoms with Crippen molar-refractivity contribution in [3.63, 3.8) is 0 Å². The molecule has 0 aliphatic carbocycles. The van der Waals surface area contributed by atoms with Gasteiger partial charge in [-0.25, -0.2) is 0 Å². The Kier molecular flexibility index (Phi) is 4.34. The lowest BCUT2D eigenvalue weighted by Gasteiger charge is -2.28. The van der Waals surface area contributed by atoms with Crippen LogP contribution >= 0.6 is 0 Å². The van der Waals surface area contributed by atoms with Crippen molar-refractivity contribution in [3.05, 3.63) is 29.8 Å². The Morgan fingerprint density at radius 1 is 1.32 bits per heavy atom. The summed E-state index contributed by atoms with van der Waals surface area (Å²) < 4.78 is 41.6. The van der Waals surface area contributed by atoms with E-state index in [2.05, 4.69) is 0 Å². The molecule has 0 saturated carbocycles. The summed E-state index contributed by atoms with van der Waals surface area (Å²) >= 11 is 0. The van der Waals surface area contributed by atoms with Gasteiger partial charge in [0.15, 0.2) is 0 Å². The van der Waals surface area contributed by atoms with Crippen molar-refractivity contribution in [1.82, 2.24) is 0 Å². The lowest BCUT2D eigenvalue weighted by Crippen LogP contribution is -2.31. The van der Waals surface area contributed by atoms with Gasteiger partial charge < -0.3 is 9.84 Å². The van der Waals surface area contributed by atoms with E-state index in [1.165, 1.54) is 0 Å². The van der Waals surface area contributed by atoms with E-state index in [-0.39, 0.29) is 18.8 Å². The summed E-state index contributed by atoms with van der Waals surface area (Å²) in [7, 11) is 0. The van der Waals surface area contributed by atoms with Crippen molar-refractivity contribution >= 4 is 0 Å². The van der Waals surface area contributed by atoms with E-state index in [0.29, 0.717) is 13.0 Å². The Morgan fingerprint density at radius 2 is 2.05 bits per heavy atom. The van der Waals surface area contributed by atoms with Gasteiger partial charge in [0.05, 0.1) is 12.7 Å². The Hall–Kier alpha value is -1.23. The topological polar surface area (TPSA) is 29.5 Å². The maximum Gasteiger partial charge on any atom is 0.389 e. The normalized spacial score (nSPS) is 20.5. The minimum Gasteiger partial charge on any atom is -0.493 e. The molecule has 2 unspecified atom stereocenters. The van der Waals surface area contributed by atoms with Crippen LogP contribution in [-0.4, -0.2) is 24.0 Å². The second-order valence-electron chi connectivity index (χ2n) is 4.96. The van der Waals surface area contributed by atoms with Crippen LogP contribution < -0.4 is 4.74 Å². The number of halogens is 3. The average molecular weight is 274 g/mol. The molecule has 1 aliphatic heterocycles. The van der Waals surface area contributed by atoms with Gasteiger partial charge in [-0.05, 0) is 30.9 Å².